The predicted octanol–water partition coefficient (Wildman–Crippen LogP) is 5.05. The largest absolute Gasteiger partial charge is 0.310 e. The van der Waals surface area contributed by atoms with E-state index in [-0.39, 0.29) is 0 Å². The molecule has 1 atom stereocenters. The minimum Gasteiger partial charge on any atom is -0.310 e. The second-order valence-electron chi connectivity index (χ2n) is 4.44. The van der Waals surface area contributed by atoms with Crippen LogP contribution < -0.4 is 5.32 Å². The maximum absolute atomic E-state index is 6.08. The molecule has 2 rings (SSSR count). The van der Waals surface area contributed by atoms with Crippen LogP contribution in [0.4, 0.5) is 0 Å². The highest BCUT2D eigenvalue weighted by molar-refractivity contribution is 7.15. The first-order valence-corrected chi connectivity index (χ1v) is 7.41. The number of aryl methyl sites for hydroxylation is 1. The normalized spacial score (nSPS) is 12.7. The van der Waals surface area contributed by atoms with Crippen molar-refractivity contribution in [1.82, 2.24) is 5.32 Å². The Labute approximate surface area is 118 Å². The Kier molecular flexibility index (Phi) is 4.44. The molecule has 0 amide bonds. The maximum atomic E-state index is 6.08. The van der Waals surface area contributed by atoms with E-state index in [4.69, 9.17) is 11.6 Å². The Bertz CT molecular complexity index is 533. The number of rotatable bonds is 4. The topological polar surface area (TPSA) is 12.0 Å². The number of nitrogens with one attached hydrogen (secondary N) is 1. The van der Waals surface area contributed by atoms with Crippen molar-refractivity contribution in [2.45, 2.75) is 26.8 Å². The quantitative estimate of drug-likeness (QED) is 0.826. The van der Waals surface area contributed by atoms with Gasteiger partial charge in [0.25, 0.3) is 0 Å². The van der Waals surface area contributed by atoms with Crippen LogP contribution >= 0.6 is 22.9 Å². The van der Waals surface area contributed by atoms with Crippen LogP contribution in [-0.4, -0.2) is 6.54 Å². The molecule has 18 heavy (non-hydrogen) atoms. The van der Waals surface area contributed by atoms with Gasteiger partial charge in [0, 0.05) is 20.8 Å². The van der Waals surface area contributed by atoms with Crippen LogP contribution in [0.5, 0.6) is 0 Å². The molecule has 1 aromatic carbocycles. The van der Waals surface area contributed by atoms with E-state index in [2.05, 4.69) is 44.3 Å². The summed E-state index contributed by atoms with van der Waals surface area (Å²) in [6.07, 6.45) is 0. The summed E-state index contributed by atoms with van der Waals surface area (Å²) in [7, 11) is 0. The summed E-state index contributed by atoms with van der Waals surface area (Å²) >= 11 is 7.91. The number of hydrogen-bond acceptors (Lipinski definition) is 2. The predicted molar refractivity (Wildman–Crippen MR) is 81.6 cm³/mol. The first kappa shape index (κ1) is 13.6. The highest BCUT2D eigenvalue weighted by Gasteiger charge is 2.10. The monoisotopic (exact) mass is 279 g/mol. The number of halogens is 1. The second-order valence-corrected chi connectivity index (χ2v) is 5.99. The highest BCUT2D eigenvalue weighted by atomic mass is 35.5. The zero-order valence-corrected chi connectivity index (χ0v) is 12.5. The first-order valence-electron chi connectivity index (χ1n) is 6.21. The van der Waals surface area contributed by atoms with E-state index in [0.29, 0.717) is 6.04 Å². The van der Waals surface area contributed by atoms with E-state index >= 15 is 0 Å². The number of thiophene rings is 1. The van der Waals surface area contributed by atoms with Crippen LogP contribution in [0.15, 0.2) is 30.3 Å². The van der Waals surface area contributed by atoms with Crippen molar-refractivity contribution in [3.05, 3.63) is 45.8 Å². The van der Waals surface area contributed by atoms with Crippen molar-refractivity contribution < 1.29 is 0 Å². The third-order valence-corrected chi connectivity index (χ3v) is 4.57. The van der Waals surface area contributed by atoms with Gasteiger partial charge < -0.3 is 5.32 Å². The minimum absolute atomic E-state index is 0.410. The first-order chi connectivity index (χ1) is 8.61. The highest BCUT2D eigenvalue weighted by Crippen LogP contribution is 2.34. The molecule has 0 saturated heterocycles. The van der Waals surface area contributed by atoms with Gasteiger partial charge in [-0.2, -0.15) is 0 Å². The van der Waals surface area contributed by atoms with Crippen LogP contribution in [0.25, 0.3) is 10.4 Å². The van der Waals surface area contributed by atoms with E-state index in [9.17, 15) is 0 Å². The third-order valence-electron chi connectivity index (χ3n) is 3.03. The number of hydrogen-bond donors (Lipinski definition) is 1. The lowest BCUT2D eigenvalue weighted by molar-refractivity contribution is 0.607. The van der Waals surface area contributed by atoms with Crippen molar-refractivity contribution >= 4 is 22.9 Å². The summed E-state index contributed by atoms with van der Waals surface area (Å²) in [6, 6.07) is 10.9. The molecule has 0 fully saturated rings. The van der Waals surface area contributed by atoms with Crippen molar-refractivity contribution in [3.63, 3.8) is 0 Å². The molecule has 0 spiro atoms. The van der Waals surface area contributed by atoms with Crippen LogP contribution in [0.1, 0.15) is 30.3 Å². The van der Waals surface area contributed by atoms with Gasteiger partial charge in [0.2, 0.25) is 0 Å². The van der Waals surface area contributed by atoms with Gasteiger partial charge in [0.15, 0.2) is 0 Å². The van der Waals surface area contributed by atoms with Gasteiger partial charge in [-0.15, -0.1) is 11.3 Å². The van der Waals surface area contributed by atoms with Crippen LogP contribution in [0.2, 0.25) is 5.02 Å². The Morgan fingerprint density at radius 1 is 1.28 bits per heavy atom. The summed E-state index contributed by atoms with van der Waals surface area (Å²) in [5.41, 5.74) is 2.51. The summed E-state index contributed by atoms with van der Waals surface area (Å²) in [5.74, 6) is 0. The molecule has 1 aromatic heterocycles. The van der Waals surface area contributed by atoms with E-state index in [1.54, 1.807) is 0 Å². The van der Waals surface area contributed by atoms with Crippen LogP contribution in [0.3, 0.4) is 0 Å². The lowest BCUT2D eigenvalue weighted by Crippen LogP contribution is -2.16. The zero-order valence-electron chi connectivity index (χ0n) is 11.0. The maximum Gasteiger partial charge on any atom is 0.0412 e. The molecule has 3 heteroatoms. The summed E-state index contributed by atoms with van der Waals surface area (Å²) in [4.78, 5) is 2.65. The molecular weight excluding hydrogens is 262 g/mol. The molecule has 0 radical (unpaired) electrons. The molecule has 1 nitrogen and oxygen atoms in total. The number of benzene rings is 1. The van der Waals surface area contributed by atoms with Gasteiger partial charge in [0.1, 0.15) is 0 Å². The molecule has 0 saturated carbocycles. The van der Waals surface area contributed by atoms with Crippen molar-refractivity contribution in [2.24, 2.45) is 0 Å². The minimum atomic E-state index is 0.410. The smallest absolute Gasteiger partial charge is 0.0412 e. The van der Waals surface area contributed by atoms with Crippen LogP contribution in [-0.2, 0) is 0 Å². The van der Waals surface area contributed by atoms with Gasteiger partial charge in [-0.1, -0.05) is 24.6 Å². The molecule has 1 heterocycles. The van der Waals surface area contributed by atoms with Gasteiger partial charge in [0.05, 0.1) is 0 Å². The van der Waals surface area contributed by atoms with Gasteiger partial charge in [-0.3, -0.25) is 0 Å². The van der Waals surface area contributed by atoms with E-state index in [1.165, 1.54) is 20.9 Å². The third kappa shape index (κ3) is 2.94. The van der Waals surface area contributed by atoms with Gasteiger partial charge in [-0.05, 0) is 55.8 Å². The lowest BCUT2D eigenvalue weighted by Gasteiger charge is -2.09. The van der Waals surface area contributed by atoms with Crippen LogP contribution in [0, 0.1) is 6.92 Å². The Hall–Kier alpha value is -0.830. The molecule has 2 aromatic rings. The van der Waals surface area contributed by atoms with Gasteiger partial charge >= 0.3 is 0 Å². The molecule has 0 aliphatic heterocycles. The van der Waals surface area contributed by atoms with Gasteiger partial charge in [-0.25, -0.2) is 0 Å². The molecule has 0 bridgehead atoms. The SMILES string of the molecule is CCNC(C)c1ccc(-c2cc(Cl)ccc2C)s1. The summed E-state index contributed by atoms with van der Waals surface area (Å²) in [6.45, 7) is 7.44. The average molecular weight is 280 g/mol. The summed E-state index contributed by atoms with van der Waals surface area (Å²) < 4.78 is 0. The molecule has 96 valence electrons. The van der Waals surface area contributed by atoms with E-state index in [0.717, 1.165) is 11.6 Å². The molecule has 1 unspecified atom stereocenters. The second kappa shape index (κ2) is 5.87. The lowest BCUT2D eigenvalue weighted by atomic mass is 10.1. The molecule has 0 aliphatic rings. The van der Waals surface area contributed by atoms with Crippen molar-refractivity contribution in [3.8, 4) is 10.4 Å². The fourth-order valence-corrected chi connectivity index (χ4v) is 3.28. The summed E-state index contributed by atoms with van der Waals surface area (Å²) in [5, 5.41) is 4.23. The Balaban J connectivity index is 2.32. The molecule has 1 N–H and O–H groups in total. The van der Waals surface area contributed by atoms with Crippen molar-refractivity contribution in [2.75, 3.05) is 6.54 Å². The molecular formula is C15H18ClNS. The Morgan fingerprint density at radius 2 is 2.06 bits per heavy atom. The van der Waals surface area contributed by atoms with E-state index in [1.807, 2.05) is 23.5 Å². The average Bonchev–Trinajstić information content (AvgIpc) is 2.82. The fraction of sp³-hybridized carbons (Fsp3) is 0.333. The van der Waals surface area contributed by atoms with E-state index < -0.39 is 0 Å². The Morgan fingerprint density at radius 3 is 2.78 bits per heavy atom. The fourth-order valence-electron chi connectivity index (χ4n) is 2.00. The standard InChI is InChI=1S/C15H18ClNS/c1-4-17-11(3)14-7-8-15(18-14)13-9-12(16)6-5-10(13)2/h5-9,11,17H,4H2,1-3H3. The van der Waals surface area contributed by atoms with Crippen molar-refractivity contribution in [1.29, 1.82) is 0 Å². The zero-order chi connectivity index (χ0) is 13.1. The molecule has 0 aliphatic carbocycles.